The largest absolute Gasteiger partial charge is 0.399 e. The van der Waals surface area contributed by atoms with Crippen molar-refractivity contribution < 1.29 is 0 Å². The van der Waals surface area contributed by atoms with Gasteiger partial charge in [-0.1, -0.05) is 12.1 Å². The van der Waals surface area contributed by atoms with Gasteiger partial charge in [-0.2, -0.15) is 11.8 Å². The first-order valence-corrected chi connectivity index (χ1v) is 6.01. The number of nitrogens with two attached hydrogens (primary N) is 2. The highest BCUT2D eigenvalue weighted by molar-refractivity contribution is 7.98. The van der Waals surface area contributed by atoms with Crippen LogP contribution in [-0.2, 0) is 5.75 Å². The van der Waals surface area contributed by atoms with Crippen LogP contribution in [0.15, 0.2) is 24.3 Å². The molecule has 0 aliphatic heterocycles. The predicted molar refractivity (Wildman–Crippen MR) is 65.3 cm³/mol. The Kier molecular flexibility index (Phi) is 4.84. The highest BCUT2D eigenvalue weighted by Gasteiger charge is 1.96. The Morgan fingerprint density at radius 1 is 1.43 bits per heavy atom. The molecule has 1 aromatic carbocycles. The van der Waals surface area contributed by atoms with E-state index in [1.54, 1.807) is 0 Å². The third-order valence-corrected chi connectivity index (χ3v) is 3.00. The molecular weight excluding hydrogens is 192 g/mol. The van der Waals surface area contributed by atoms with Crippen LogP contribution in [0.3, 0.4) is 0 Å². The van der Waals surface area contributed by atoms with Crippen LogP contribution in [0.1, 0.15) is 18.9 Å². The molecule has 0 bridgehead atoms. The molecular formula is C11H18N2S. The minimum Gasteiger partial charge on any atom is -0.399 e. The fourth-order valence-electron chi connectivity index (χ4n) is 1.14. The second-order valence-corrected chi connectivity index (χ2v) is 4.67. The number of nitrogen functional groups attached to an aromatic ring is 1. The van der Waals surface area contributed by atoms with Crippen LogP contribution in [0.4, 0.5) is 5.69 Å². The molecule has 3 heteroatoms. The lowest BCUT2D eigenvalue weighted by molar-refractivity contribution is 0.721. The van der Waals surface area contributed by atoms with Gasteiger partial charge in [0.1, 0.15) is 0 Å². The maximum absolute atomic E-state index is 5.68. The van der Waals surface area contributed by atoms with Crippen LogP contribution in [0.2, 0.25) is 0 Å². The van der Waals surface area contributed by atoms with Crippen LogP contribution in [0.5, 0.6) is 0 Å². The van der Waals surface area contributed by atoms with E-state index in [2.05, 4.69) is 6.07 Å². The van der Waals surface area contributed by atoms with Crippen LogP contribution < -0.4 is 11.5 Å². The van der Waals surface area contributed by atoms with Gasteiger partial charge < -0.3 is 11.5 Å². The fraction of sp³-hybridized carbons (Fsp3) is 0.455. The van der Waals surface area contributed by atoms with Gasteiger partial charge in [0.15, 0.2) is 0 Å². The number of rotatable bonds is 5. The minimum absolute atomic E-state index is 0.309. The number of hydrogen-bond acceptors (Lipinski definition) is 3. The standard InChI is InChI=1S/C11H18N2S/c1-9(12)5-6-14-8-10-3-2-4-11(13)7-10/h2-4,7,9H,5-6,8,12-13H2,1H3. The van der Waals surface area contributed by atoms with Gasteiger partial charge >= 0.3 is 0 Å². The second kappa shape index (κ2) is 5.94. The summed E-state index contributed by atoms with van der Waals surface area (Å²) in [7, 11) is 0. The smallest absolute Gasteiger partial charge is 0.0317 e. The Morgan fingerprint density at radius 3 is 2.86 bits per heavy atom. The Bertz CT molecular complexity index is 274. The summed E-state index contributed by atoms with van der Waals surface area (Å²) in [6.07, 6.45) is 1.08. The van der Waals surface area contributed by atoms with Crippen molar-refractivity contribution in [2.24, 2.45) is 5.73 Å². The molecule has 0 spiro atoms. The monoisotopic (exact) mass is 210 g/mol. The van der Waals surface area contributed by atoms with Crippen molar-refractivity contribution in [1.82, 2.24) is 0 Å². The third kappa shape index (κ3) is 4.53. The van der Waals surface area contributed by atoms with E-state index in [4.69, 9.17) is 11.5 Å². The average molecular weight is 210 g/mol. The molecule has 1 atom stereocenters. The van der Waals surface area contributed by atoms with E-state index in [9.17, 15) is 0 Å². The number of thioether (sulfide) groups is 1. The van der Waals surface area contributed by atoms with Gasteiger partial charge in [-0.3, -0.25) is 0 Å². The second-order valence-electron chi connectivity index (χ2n) is 3.56. The molecule has 0 heterocycles. The molecule has 0 saturated carbocycles. The predicted octanol–water partition coefficient (Wildman–Crippen LogP) is 2.24. The zero-order valence-electron chi connectivity index (χ0n) is 8.57. The van der Waals surface area contributed by atoms with E-state index in [-0.39, 0.29) is 0 Å². The molecule has 1 rings (SSSR count). The summed E-state index contributed by atoms with van der Waals surface area (Å²) in [6, 6.07) is 8.35. The van der Waals surface area contributed by atoms with Crippen LogP contribution in [0, 0.1) is 0 Å². The maximum Gasteiger partial charge on any atom is 0.0317 e. The minimum atomic E-state index is 0.309. The maximum atomic E-state index is 5.68. The molecule has 0 aliphatic rings. The summed E-state index contributed by atoms with van der Waals surface area (Å²) in [5.74, 6) is 2.14. The first-order chi connectivity index (χ1) is 6.68. The third-order valence-electron chi connectivity index (χ3n) is 1.94. The quantitative estimate of drug-likeness (QED) is 0.579. The zero-order chi connectivity index (χ0) is 10.4. The molecule has 1 aromatic rings. The lowest BCUT2D eigenvalue weighted by Crippen LogP contribution is -2.15. The van der Waals surface area contributed by atoms with E-state index < -0.39 is 0 Å². The summed E-state index contributed by atoms with van der Waals surface area (Å²) in [5, 5.41) is 0. The van der Waals surface area contributed by atoms with E-state index in [0.29, 0.717) is 6.04 Å². The molecule has 0 saturated heterocycles. The van der Waals surface area contributed by atoms with Crippen molar-refractivity contribution in [2.75, 3.05) is 11.5 Å². The molecule has 4 N–H and O–H groups in total. The molecule has 2 nitrogen and oxygen atoms in total. The van der Waals surface area contributed by atoms with Gasteiger partial charge in [0.2, 0.25) is 0 Å². The molecule has 0 aromatic heterocycles. The van der Waals surface area contributed by atoms with Crippen LogP contribution in [0.25, 0.3) is 0 Å². The highest BCUT2D eigenvalue weighted by Crippen LogP contribution is 2.15. The van der Waals surface area contributed by atoms with Crippen molar-refractivity contribution in [1.29, 1.82) is 0 Å². The van der Waals surface area contributed by atoms with E-state index in [1.807, 2.05) is 36.9 Å². The average Bonchev–Trinajstić information content (AvgIpc) is 2.12. The van der Waals surface area contributed by atoms with Crippen molar-refractivity contribution >= 4 is 17.4 Å². The van der Waals surface area contributed by atoms with Crippen LogP contribution >= 0.6 is 11.8 Å². The topological polar surface area (TPSA) is 52.0 Å². The van der Waals surface area contributed by atoms with Crippen molar-refractivity contribution in [3.05, 3.63) is 29.8 Å². The van der Waals surface area contributed by atoms with Gasteiger partial charge in [-0.15, -0.1) is 0 Å². The van der Waals surface area contributed by atoms with Gasteiger partial charge in [0, 0.05) is 17.5 Å². The molecule has 14 heavy (non-hydrogen) atoms. The lowest BCUT2D eigenvalue weighted by atomic mass is 10.2. The summed E-state index contributed by atoms with van der Waals surface area (Å²) in [5.41, 5.74) is 13.5. The van der Waals surface area contributed by atoms with Crippen molar-refractivity contribution in [3.63, 3.8) is 0 Å². The zero-order valence-corrected chi connectivity index (χ0v) is 9.39. The summed E-state index contributed by atoms with van der Waals surface area (Å²) >= 11 is 1.91. The normalized spacial score (nSPS) is 12.7. The molecule has 0 aliphatic carbocycles. The number of anilines is 1. The molecule has 78 valence electrons. The first-order valence-electron chi connectivity index (χ1n) is 4.86. The van der Waals surface area contributed by atoms with Gasteiger partial charge in [0.05, 0.1) is 0 Å². The van der Waals surface area contributed by atoms with Crippen molar-refractivity contribution in [2.45, 2.75) is 25.1 Å². The van der Waals surface area contributed by atoms with Gasteiger partial charge in [-0.25, -0.2) is 0 Å². The molecule has 0 amide bonds. The summed E-state index contributed by atoms with van der Waals surface area (Å²) in [4.78, 5) is 0. The highest BCUT2D eigenvalue weighted by atomic mass is 32.2. The Hall–Kier alpha value is -0.670. The van der Waals surface area contributed by atoms with Gasteiger partial charge in [-0.05, 0) is 36.8 Å². The van der Waals surface area contributed by atoms with E-state index in [0.717, 1.165) is 23.6 Å². The SMILES string of the molecule is CC(N)CCSCc1cccc(N)c1. The number of benzene rings is 1. The fourth-order valence-corrected chi connectivity index (χ4v) is 2.24. The Labute approximate surface area is 90.1 Å². The molecule has 0 fully saturated rings. The molecule has 1 unspecified atom stereocenters. The van der Waals surface area contributed by atoms with Gasteiger partial charge in [0.25, 0.3) is 0 Å². The summed E-state index contributed by atoms with van der Waals surface area (Å²) < 4.78 is 0. The number of hydrogen-bond donors (Lipinski definition) is 2. The first kappa shape index (κ1) is 11.4. The molecule has 0 radical (unpaired) electrons. The van der Waals surface area contributed by atoms with E-state index >= 15 is 0 Å². The lowest BCUT2D eigenvalue weighted by Gasteiger charge is -2.05. The van der Waals surface area contributed by atoms with Crippen LogP contribution in [-0.4, -0.2) is 11.8 Å². The Balaban J connectivity index is 2.25. The van der Waals surface area contributed by atoms with E-state index in [1.165, 1.54) is 5.56 Å². The van der Waals surface area contributed by atoms with Crippen molar-refractivity contribution in [3.8, 4) is 0 Å². The summed E-state index contributed by atoms with van der Waals surface area (Å²) in [6.45, 7) is 2.04. The Morgan fingerprint density at radius 2 is 2.21 bits per heavy atom.